The van der Waals surface area contributed by atoms with Crippen molar-refractivity contribution >= 4 is 22.8 Å². The van der Waals surface area contributed by atoms with Gasteiger partial charge in [-0.25, -0.2) is 0 Å². The Balaban J connectivity index is 1.56. The van der Waals surface area contributed by atoms with Gasteiger partial charge in [0.15, 0.2) is 0 Å². The molecule has 2 aliphatic carbocycles. The summed E-state index contributed by atoms with van der Waals surface area (Å²) in [6.45, 7) is 2.03. The molecule has 2 unspecified atom stereocenters. The first-order valence-electron chi connectivity index (χ1n) is 8.82. The molecular weight excluding hydrogens is 336 g/mol. The summed E-state index contributed by atoms with van der Waals surface area (Å²) in [5.41, 5.74) is 5.31. The zero-order valence-corrected chi connectivity index (χ0v) is 14.6. The van der Waals surface area contributed by atoms with E-state index in [2.05, 4.69) is 5.32 Å². The van der Waals surface area contributed by atoms with E-state index in [0.29, 0.717) is 47.0 Å². The second-order valence-electron chi connectivity index (χ2n) is 7.35. The van der Waals surface area contributed by atoms with E-state index in [9.17, 15) is 14.7 Å². The van der Waals surface area contributed by atoms with Crippen molar-refractivity contribution in [3.63, 3.8) is 0 Å². The highest BCUT2D eigenvalue weighted by molar-refractivity contribution is 6.08. The summed E-state index contributed by atoms with van der Waals surface area (Å²) >= 11 is 0. The van der Waals surface area contributed by atoms with Crippen molar-refractivity contribution in [2.45, 2.75) is 32.2 Å². The SMILES string of the molecule is Cc1oc2ccc(OCC3CC3)cc2c1C(=O)NC1CC1(CO)C(N)=O. The van der Waals surface area contributed by atoms with Crippen molar-refractivity contribution in [2.24, 2.45) is 17.1 Å². The second kappa shape index (κ2) is 6.02. The lowest BCUT2D eigenvalue weighted by molar-refractivity contribution is -0.124. The largest absolute Gasteiger partial charge is 0.493 e. The molecule has 4 rings (SSSR count). The van der Waals surface area contributed by atoms with Gasteiger partial charge in [0.1, 0.15) is 17.1 Å². The predicted molar refractivity (Wildman–Crippen MR) is 93.8 cm³/mol. The van der Waals surface area contributed by atoms with Crippen LogP contribution in [0.2, 0.25) is 0 Å². The summed E-state index contributed by atoms with van der Waals surface area (Å²) in [5.74, 6) is 0.880. The summed E-state index contributed by atoms with van der Waals surface area (Å²) < 4.78 is 11.5. The maximum atomic E-state index is 12.8. The van der Waals surface area contributed by atoms with Gasteiger partial charge in [0.05, 0.1) is 24.2 Å². The van der Waals surface area contributed by atoms with E-state index >= 15 is 0 Å². The van der Waals surface area contributed by atoms with Gasteiger partial charge in [-0.05, 0) is 50.3 Å². The molecule has 2 amide bonds. The number of nitrogens with two attached hydrogens (primary N) is 1. The zero-order valence-electron chi connectivity index (χ0n) is 14.6. The van der Waals surface area contributed by atoms with Crippen LogP contribution in [0.4, 0.5) is 0 Å². The average molecular weight is 358 g/mol. The number of nitrogens with one attached hydrogen (secondary N) is 1. The molecule has 2 aliphatic rings. The number of carbonyl (C=O) groups is 2. The molecule has 1 aromatic carbocycles. The molecule has 0 bridgehead atoms. The van der Waals surface area contributed by atoms with Gasteiger partial charge in [0.25, 0.3) is 5.91 Å². The number of aliphatic hydroxyl groups is 1. The molecule has 1 aromatic heterocycles. The van der Waals surface area contributed by atoms with Gasteiger partial charge in [0.2, 0.25) is 5.91 Å². The number of carbonyl (C=O) groups excluding carboxylic acids is 2. The number of rotatable bonds is 7. The molecule has 4 N–H and O–H groups in total. The molecule has 0 spiro atoms. The molecule has 138 valence electrons. The van der Waals surface area contributed by atoms with Gasteiger partial charge in [-0.1, -0.05) is 0 Å². The molecule has 0 radical (unpaired) electrons. The highest BCUT2D eigenvalue weighted by atomic mass is 16.5. The molecule has 2 saturated carbocycles. The summed E-state index contributed by atoms with van der Waals surface area (Å²) in [6.07, 6.45) is 2.75. The smallest absolute Gasteiger partial charge is 0.255 e. The quantitative estimate of drug-likeness (QED) is 0.694. The lowest BCUT2D eigenvalue weighted by Gasteiger charge is -2.11. The van der Waals surface area contributed by atoms with Gasteiger partial charge in [-0.2, -0.15) is 0 Å². The Morgan fingerprint density at radius 3 is 2.81 bits per heavy atom. The van der Waals surface area contributed by atoms with Gasteiger partial charge in [-0.3, -0.25) is 9.59 Å². The third-order valence-electron chi connectivity index (χ3n) is 5.40. The lowest BCUT2D eigenvalue weighted by Crippen LogP contribution is -2.38. The van der Waals surface area contributed by atoms with E-state index in [4.69, 9.17) is 14.9 Å². The number of furan rings is 1. The Hall–Kier alpha value is -2.54. The van der Waals surface area contributed by atoms with E-state index in [1.54, 1.807) is 13.0 Å². The van der Waals surface area contributed by atoms with Crippen LogP contribution in [-0.2, 0) is 4.79 Å². The predicted octanol–water partition coefficient (Wildman–Crippen LogP) is 1.50. The van der Waals surface area contributed by atoms with Gasteiger partial charge in [0, 0.05) is 11.4 Å². The fourth-order valence-corrected chi connectivity index (χ4v) is 3.32. The summed E-state index contributed by atoms with van der Waals surface area (Å²) in [7, 11) is 0. The Morgan fingerprint density at radius 2 is 2.19 bits per heavy atom. The van der Waals surface area contributed by atoms with Crippen LogP contribution in [0.3, 0.4) is 0 Å². The average Bonchev–Trinajstić information content (AvgIpc) is 3.50. The monoisotopic (exact) mass is 358 g/mol. The third-order valence-corrected chi connectivity index (χ3v) is 5.40. The molecule has 26 heavy (non-hydrogen) atoms. The minimum Gasteiger partial charge on any atom is -0.493 e. The maximum absolute atomic E-state index is 12.8. The summed E-state index contributed by atoms with van der Waals surface area (Å²) in [4.78, 5) is 24.3. The highest BCUT2D eigenvalue weighted by Gasteiger charge is 2.59. The van der Waals surface area contributed by atoms with E-state index in [0.717, 1.165) is 0 Å². The minimum atomic E-state index is -1.05. The van der Waals surface area contributed by atoms with Crippen molar-refractivity contribution in [3.8, 4) is 5.75 Å². The number of ether oxygens (including phenoxy) is 1. The number of benzene rings is 1. The van der Waals surface area contributed by atoms with E-state index in [-0.39, 0.29) is 12.5 Å². The maximum Gasteiger partial charge on any atom is 0.255 e. The Kier molecular flexibility index (Phi) is 3.91. The van der Waals surface area contributed by atoms with Crippen LogP contribution in [0, 0.1) is 18.3 Å². The van der Waals surface area contributed by atoms with Crippen LogP contribution in [0.1, 0.15) is 35.4 Å². The van der Waals surface area contributed by atoms with Crippen LogP contribution in [0.5, 0.6) is 5.75 Å². The molecule has 7 heteroatoms. The van der Waals surface area contributed by atoms with Gasteiger partial charge >= 0.3 is 0 Å². The first-order chi connectivity index (χ1) is 12.4. The number of amides is 2. The lowest BCUT2D eigenvalue weighted by atomic mass is 10.1. The van der Waals surface area contributed by atoms with E-state index in [1.165, 1.54) is 12.8 Å². The fraction of sp³-hybridized carbons (Fsp3) is 0.474. The number of fused-ring (bicyclic) bond motifs is 1. The van der Waals surface area contributed by atoms with Crippen molar-refractivity contribution in [2.75, 3.05) is 13.2 Å². The van der Waals surface area contributed by atoms with Crippen molar-refractivity contribution < 1.29 is 23.8 Å². The Morgan fingerprint density at radius 1 is 1.42 bits per heavy atom. The molecule has 0 aliphatic heterocycles. The van der Waals surface area contributed by atoms with Crippen molar-refractivity contribution in [3.05, 3.63) is 29.5 Å². The first kappa shape index (κ1) is 16.9. The van der Waals surface area contributed by atoms with Crippen molar-refractivity contribution in [1.82, 2.24) is 5.32 Å². The van der Waals surface area contributed by atoms with Crippen LogP contribution in [0.15, 0.2) is 22.6 Å². The number of aliphatic hydroxyl groups excluding tert-OH is 1. The number of aryl methyl sites for hydroxylation is 1. The van der Waals surface area contributed by atoms with Gasteiger partial charge < -0.3 is 25.3 Å². The molecule has 0 saturated heterocycles. The highest BCUT2D eigenvalue weighted by Crippen LogP contribution is 2.45. The van der Waals surface area contributed by atoms with Crippen molar-refractivity contribution in [1.29, 1.82) is 0 Å². The summed E-state index contributed by atoms with van der Waals surface area (Å²) in [6, 6.07) is 4.97. The normalized spacial score (nSPS) is 24.5. The van der Waals surface area contributed by atoms with Crippen LogP contribution >= 0.6 is 0 Å². The Bertz CT molecular complexity index is 885. The number of hydrogen-bond acceptors (Lipinski definition) is 5. The molecule has 2 fully saturated rings. The first-order valence-corrected chi connectivity index (χ1v) is 8.82. The standard InChI is InChI=1S/C19H22N2O5/c1-10-16(17(23)21-15-7-19(15,9-22)18(20)24)13-6-12(4-5-14(13)26-10)25-8-11-2-3-11/h4-6,11,15,22H,2-3,7-9H2,1H3,(H2,20,24)(H,21,23). The fourth-order valence-electron chi connectivity index (χ4n) is 3.32. The molecule has 2 aromatic rings. The van der Waals surface area contributed by atoms with Crippen LogP contribution in [-0.4, -0.2) is 36.2 Å². The van der Waals surface area contributed by atoms with Crippen LogP contribution in [0.25, 0.3) is 11.0 Å². The van der Waals surface area contributed by atoms with E-state index in [1.807, 2.05) is 12.1 Å². The second-order valence-corrected chi connectivity index (χ2v) is 7.35. The molecule has 2 atom stereocenters. The number of hydrogen-bond donors (Lipinski definition) is 3. The minimum absolute atomic E-state index is 0.342. The van der Waals surface area contributed by atoms with Crippen LogP contribution < -0.4 is 15.8 Å². The zero-order chi connectivity index (χ0) is 18.5. The molecular formula is C19H22N2O5. The van der Waals surface area contributed by atoms with E-state index < -0.39 is 17.4 Å². The summed E-state index contributed by atoms with van der Waals surface area (Å²) in [5, 5.41) is 12.9. The number of primary amides is 1. The Labute approximate surface area is 150 Å². The molecule has 1 heterocycles. The van der Waals surface area contributed by atoms with Gasteiger partial charge in [-0.15, -0.1) is 0 Å². The molecule has 7 nitrogen and oxygen atoms in total. The third kappa shape index (κ3) is 2.82. The topological polar surface area (TPSA) is 115 Å².